The minimum absolute atomic E-state index is 0.0216. The Bertz CT molecular complexity index is 1050. The number of carbonyl (C=O) groups is 1. The van der Waals surface area contributed by atoms with E-state index in [2.05, 4.69) is 5.10 Å². The van der Waals surface area contributed by atoms with Crippen LogP contribution in [-0.4, -0.2) is 16.2 Å². The summed E-state index contributed by atoms with van der Waals surface area (Å²) >= 11 is 11.9. The van der Waals surface area contributed by atoms with Crippen LogP contribution in [0.1, 0.15) is 5.69 Å². The Morgan fingerprint density at radius 2 is 1.79 bits per heavy atom. The van der Waals surface area contributed by atoms with Gasteiger partial charge in [0.25, 0.3) is 0 Å². The molecule has 0 saturated heterocycles. The third-order valence-electron chi connectivity index (χ3n) is 3.89. The number of nitrogens with zero attached hydrogens (tertiary/aromatic N) is 3. The lowest BCUT2D eigenvalue weighted by molar-refractivity contribution is -0.140. The minimum Gasteiger partial charge on any atom is -0.279 e. The van der Waals surface area contributed by atoms with Gasteiger partial charge in [0.15, 0.2) is 5.69 Å². The Balaban J connectivity index is 2.23. The Morgan fingerprint density at radius 1 is 1.07 bits per heavy atom. The lowest BCUT2D eigenvalue weighted by Crippen LogP contribution is -2.19. The van der Waals surface area contributed by atoms with Gasteiger partial charge in [0.1, 0.15) is 5.82 Å². The summed E-state index contributed by atoms with van der Waals surface area (Å²) in [5.74, 6) is -0.641. The molecule has 0 aliphatic heterocycles. The van der Waals surface area contributed by atoms with E-state index in [1.807, 2.05) is 0 Å². The SMILES string of the molecule is Cn1cc(N(C=O)c2ccc(F)cc2-c2ccc(Cl)c(Cl)c2)c(C(F)(F)F)n1. The van der Waals surface area contributed by atoms with Crippen LogP contribution >= 0.6 is 23.2 Å². The molecule has 4 nitrogen and oxygen atoms in total. The van der Waals surface area contributed by atoms with Gasteiger partial charge < -0.3 is 0 Å². The average Bonchev–Trinajstić information content (AvgIpc) is 3.01. The molecule has 0 unspecified atom stereocenters. The number of anilines is 2. The van der Waals surface area contributed by atoms with Crippen LogP contribution in [-0.2, 0) is 18.0 Å². The van der Waals surface area contributed by atoms with Crippen LogP contribution in [0.5, 0.6) is 0 Å². The molecule has 10 heteroatoms. The molecule has 3 aromatic rings. The Morgan fingerprint density at radius 3 is 2.39 bits per heavy atom. The van der Waals surface area contributed by atoms with Crippen molar-refractivity contribution in [3.63, 3.8) is 0 Å². The van der Waals surface area contributed by atoms with Crippen molar-refractivity contribution < 1.29 is 22.4 Å². The number of hydrogen-bond acceptors (Lipinski definition) is 2. The predicted molar refractivity (Wildman–Crippen MR) is 98.3 cm³/mol. The summed E-state index contributed by atoms with van der Waals surface area (Å²) < 4.78 is 54.9. The predicted octanol–water partition coefficient (Wildman–Crippen LogP) is 5.85. The summed E-state index contributed by atoms with van der Waals surface area (Å²) in [6.07, 6.45) is -3.53. The molecular formula is C18H11Cl2F4N3O. The van der Waals surface area contributed by atoms with Gasteiger partial charge >= 0.3 is 6.18 Å². The monoisotopic (exact) mass is 431 g/mol. The summed E-state index contributed by atoms with van der Waals surface area (Å²) in [5, 5.41) is 3.82. The second-order valence-corrected chi connectivity index (χ2v) is 6.61. The number of aromatic nitrogens is 2. The van der Waals surface area contributed by atoms with Crippen molar-refractivity contribution in [2.24, 2.45) is 7.05 Å². The summed E-state index contributed by atoms with van der Waals surface area (Å²) in [4.78, 5) is 12.5. The maximum atomic E-state index is 13.9. The number of amides is 1. The van der Waals surface area contributed by atoms with Crippen LogP contribution in [0, 0.1) is 5.82 Å². The van der Waals surface area contributed by atoms with Crippen LogP contribution in [0.2, 0.25) is 10.0 Å². The van der Waals surface area contributed by atoms with Crippen LogP contribution in [0.4, 0.5) is 28.9 Å². The van der Waals surface area contributed by atoms with E-state index >= 15 is 0 Å². The fourth-order valence-corrected chi connectivity index (χ4v) is 3.01. The molecule has 146 valence electrons. The number of carbonyl (C=O) groups excluding carboxylic acids is 1. The number of aryl methyl sites for hydroxylation is 1. The molecule has 0 radical (unpaired) electrons. The van der Waals surface area contributed by atoms with Crippen molar-refractivity contribution in [2.75, 3.05) is 4.90 Å². The smallest absolute Gasteiger partial charge is 0.279 e. The maximum Gasteiger partial charge on any atom is 0.437 e. The fraction of sp³-hybridized carbons (Fsp3) is 0.111. The average molecular weight is 432 g/mol. The van der Waals surface area contributed by atoms with Crippen molar-refractivity contribution in [2.45, 2.75) is 6.18 Å². The number of hydrogen-bond donors (Lipinski definition) is 0. The molecule has 1 heterocycles. The summed E-state index contributed by atoms with van der Waals surface area (Å²) in [5.41, 5.74) is -1.19. The van der Waals surface area contributed by atoms with Gasteiger partial charge in [-0.05, 0) is 35.9 Å². The molecule has 0 atom stereocenters. The fourth-order valence-electron chi connectivity index (χ4n) is 2.71. The second kappa shape index (κ2) is 7.44. The number of halogens is 6. The number of rotatable bonds is 4. The van der Waals surface area contributed by atoms with Gasteiger partial charge in [-0.3, -0.25) is 14.4 Å². The highest BCUT2D eigenvalue weighted by Gasteiger charge is 2.39. The van der Waals surface area contributed by atoms with Crippen molar-refractivity contribution in [1.29, 1.82) is 0 Å². The van der Waals surface area contributed by atoms with E-state index < -0.39 is 23.4 Å². The zero-order valence-corrected chi connectivity index (χ0v) is 15.6. The molecule has 0 saturated carbocycles. The van der Waals surface area contributed by atoms with Crippen LogP contribution in [0.25, 0.3) is 11.1 Å². The first kappa shape index (κ1) is 20.2. The normalized spacial score (nSPS) is 11.5. The number of alkyl halides is 3. The molecule has 28 heavy (non-hydrogen) atoms. The van der Waals surface area contributed by atoms with Gasteiger partial charge in [0.05, 0.1) is 21.4 Å². The summed E-state index contributed by atoms with van der Waals surface area (Å²) in [6.45, 7) is 0. The van der Waals surface area contributed by atoms with E-state index in [4.69, 9.17) is 23.2 Å². The van der Waals surface area contributed by atoms with Crippen LogP contribution in [0.3, 0.4) is 0 Å². The first-order valence-electron chi connectivity index (χ1n) is 7.72. The Hall–Kier alpha value is -2.58. The van der Waals surface area contributed by atoms with Crippen molar-refractivity contribution >= 4 is 41.0 Å². The first-order chi connectivity index (χ1) is 13.1. The van der Waals surface area contributed by atoms with E-state index in [0.29, 0.717) is 5.56 Å². The molecule has 0 N–H and O–H groups in total. The molecule has 3 rings (SSSR count). The van der Waals surface area contributed by atoms with Crippen LogP contribution in [0.15, 0.2) is 42.6 Å². The van der Waals surface area contributed by atoms with E-state index in [9.17, 15) is 22.4 Å². The van der Waals surface area contributed by atoms with Gasteiger partial charge in [-0.2, -0.15) is 18.3 Å². The summed E-state index contributed by atoms with van der Waals surface area (Å²) in [7, 11) is 1.30. The molecule has 1 aromatic heterocycles. The minimum atomic E-state index is -4.79. The molecular weight excluding hydrogens is 421 g/mol. The third kappa shape index (κ3) is 3.83. The van der Waals surface area contributed by atoms with E-state index in [1.54, 1.807) is 0 Å². The third-order valence-corrected chi connectivity index (χ3v) is 4.63. The quantitative estimate of drug-likeness (QED) is 0.384. The molecule has 0 aliphatic rings. The van der Waals surface area contributed by atoms with Crippen molar-refractivity contribution in [1.82, 2.24) is 9.78 Å². The van der Waals surface area contributed by atoms with E-state index in [-0.39, 0.29) is 27.7 Å². The van der Waals surface area contributed by atoms with Gasteiger partial charge in [-0.25, -0.2) is 4.39 Å². The highest BCUT2D eigenvalue weighted by atomic mass is 35.5. The molecule has 0 fully saturated rings. The summed E-state index contributed by atoms with van der Waals surface area (Å²) in [6, 6.07) is 7.74. The highest BCUT2D eigenvalue weighted by molar-refractivity contribution is 6.42. The largest absolute Gasteiger partial charge is 0.437 e. The van der Waals surface area contributed by atoms with Gasteiger partial charge in [-0.1, -0.05) is 29.3 Å². The van der Waals surface area contributed by atoms with Crippen molar-refractivity contribution in [3.8, 4) is 11.1 Å². The van der Waals surface area contributed by atoms with Crippen molar-refractivity contribution in [3.05, 3.63) is 64.2 Å². The van der Waals surface area contributed by atoms with E-state index in [0.717, 1.165) is 27.9 Å². The first-order valence-corrected chi connectivity index (χ1v) is 8.47. The Kier molecular flexibility index (Phi) is 5.36. The molecule has 2 aromatic carbocycles. The van der Waals surface area contributed by atoms with Gasteiger partial charge in [-0.15, -0.1) is 0 Å². The molecule has 1 amide bonds. The zero-order valence-electron chi connectivity index (χ0n) is 14.1. The van der Waals surface area contributed by atoms with Gasteiger partial charge in [0, 0.05) is 18.8 Å². The molecule has 0 bridgehead atoms. The Labute approximate surface area is 166 Å². The standard InChI is InChI=1S/C18H11Cl2F4N3O/c1-26-8-16(17(25-26)18(22,23)24)27(9-28)15-5-3-11(21)7-12(15)10-2-4-13(19)14(20)6-10/h2-9H,1H3. The van der Waals surface area contributed by atoms with Crippen LogP contribution < -0.4 is 4.90 Å². The van der Waals surface area contributed by atoms with Gasteiger partial charge in [0.2, 0.25) is 6.41 Å². The van der Waals surface area contributed by atoms with E-state index in [1.165, 1.54) is 31.3 Å². The molecule has 0 aliphatic carbocycles. The lowest BCUT2D eigenvalue weighted by Gasteiger charge is -2.21. The maximum absolute atomic E-state index is 13.9. The topological polar surface area (TPSA) is 38.1 Å². The highest BCUT2D eigenvalue weighted by Crippen LogP contribution is 2.41. The molecule has 0 spiro atoms. The lowest BCUT2D eigenvalue weighted by atomic mass is 10.0. The zero-order chi connectivity index (χ0) is 20.6. The second-order valence-electron chi connectivity index (χ2n) is 5.80. The number of benzene rings is 2.